The second kappa shape index (κ2) is 6.53. The summed E-state index contributed by atoms with van der Waals surface area (Å²) < 4.78 is 24.9. The number of hydrogen-bond donors (Lipinski definition) is 0. The molecule has 5 nitrogen and oxygen atoms in total. The number of rotatable bonds is 1. The van der Waals surface area contributed by atoms with Crippen LogP contribution >= 0.6 is 0 Å². The summed E-state index contributed by atoms with van der Waals surface area (Å²) in [6.45, 7) is 9.37. The lowest BCUT2D eigenvalue weighted by Crippen LogP contribution is -2.59. The van der Waals surface area contributed by atoms with Gasteiger partial charge in [-0.3, -0.25) is 0 Å². The van der Waals surface area contributed by atoms with E-state index in [9.17, 15) is 4.79 Å². The van der Waals surface area contributed by atoms with Crippen LogP contribution in [0.25, 0.3) is 0 Å². The van der Waals surface area contributed by atoms with Crippen molar-refractivity contribution in [2.24, 2.45) is 28.6 Å². The van der Waals surface area contributed by atoms with Crippen molar-refractivity contribution in [3.63, 3.8) is 0 Å². The van der Waals surface area contributed by atoms with Crippen molar-refractivity contribution in [3.8, 4) is 0 Å². The fourth-order valence-electron chi connectivity index (χ4n) is 9.81. The monoisotopic (exact) mass is 454 g/mol. The Labute approximate surface area is 196 Å². The zero-order valence-corrected chi connectivity index (χ0v) is 20.5. The largest absolute Gasteiger partial charge is 0.431 e. The molecule has 0 aromatic carbocycles. The molecule has 5 heteroatoms. The van der Waals surface area contributed by atoms with Crippen LogP contribution in [0.3, 0.4) is 0 Å². The van der Waals surface area contributed by atoms with Crippen LogP contribution in [-0.2, 0) is 14.2 Å². The first-order chi connectivity index (χ1) is 15.7. The van der Waals surface area contributed by atoms with E-state index < -0.39 is 0 Å². The van der Waals surface area contributed by atoms with Gasteiger partial charge in [-0.15, -0.1) is 0 Å². The number of fused-ring (bicyclic) bond motifs is 3. The van der Waals surface area contributed by atoms with Crippen LogP contribution < -0.4 is 5.63 Å². The molecule has 6 fully saturated rings. The Morgan fingerprint density at radius 3 is 2.42 bits per heavy atom. The van der Waals surface area contributed by atoms with Gasteiger partial charge in [0.2, 0.25) is 0 Å². The Morgan fingerprint density at radius 2 is 1.70 bits per heavy atom. The van der Waals surface area contributed by atoms with Gasteiger partial charge in [-0.25, -0.2) is 4.79 Å². The second-order valence-electron chi connectivity index (χ2n) is 12.8. The van der Waals surface area contributed by atoms with Crippen LogP contribution in [0.5, 0.6) is 0 Å². The van der Waals surface area contributed by atoms with E-state index in [-0.39, 0.29) is 34.6 Å². The Bertz CT molecular complexity index is 1000. The first-order valence-corrected chi connectivity index (χ1v) is 13.3. The van der Waals surface area contributed by atoms with Crippen LogP contribution in [0.2, 0.25) is 0 Å². The van der Waals surface area contributed by atoms with Gasteiger partial charge in [-0.2, -0.15) is 0 Å². The third-order valence-corrected chi connectivity index (χ3v) is 11.7. The van der Waals surface area contributed by atoms with Gasteiger partial charge in [0.05, 0.1) is 24.6 Å². The Kier molecular flexibility index (Phi) is 4.18. The van der Waals surface area contributed by atoms with E-state index in [0.29, 0.717) is 29.3 Å². The molecule has 3 heterocycles. The van der Waals surface area contributed by atoms with Crippen molar-refractivity contribution in [2.45, 2.75) is 115 Å². The summed E-state index contributed by atoms with van der Waals surface area (Å²) in [5.41, 5.74) is 1.41. The normalized spacial score (nSPS) is 56.7. The van der Waals surface area contributed by atoms with E-state index in [1.807, 2.05) is 6.07 Å². The summed E-state index contributed by atoms with van der Waals surface area (Å²) >= 11 is 0. The van der Waals surface area contributed by atoms with Crippen molar-refractivity contribution in [1.29, 1.82) is 0 Å². The van der Waals surface area contributed by atoms with E-state index in [1.54, 1.807) is 12.3 Å². The highest BCUT2D eigenvalue weighted by Gasteiger charge is 2.80. The predicted octanol–water partition coefficient (Wildman–Crippen LogP) is 5.42. The molecule has 4 aliphatic carbocycles. The lowest BCUT2D eigenvalue weighted by molar-refractivity contribution is -0.240. The summed E-state index contributed by atoms with van der Waals surface area (Å²) in [6, 6.07) is 3.58. The van der Waals surface area contributed by atoms with Gasteiger partial charge in [0.15, 0.2) is 5.79 Å². The average Bonchev–Trinajstić information content (AvgIpc) is 3.35. The Balaban J connectivity index is 1.18. The molecule has 0 bridgehead atoms. The Hall–Kier alpha value is -1.17. The molecule has 2 aliphatic heterocycles. The van der Waals surface area contributed by atoms with Crippen molar-refractivity contribution in [2.75, 3.05) is 0 Å². The number of hydrogen-bond acceptors (Lipinski definition) is 5. The van der Waals surface area contributed by atoms with Gasteiger partial charge in [-0.1, -0.05) is 13.8 Å². The summed E-state index contributed by atoms with van der Waals surface area (Å²) in [7, 11) is 0. The van der Waals surface area contributed by atoms with Crippen LogP contribution in [0.1, 0.15) is 90.5 Å². The molecule has 6 aliphatic rings. The predicted molar refractivity (Wildman–Crippen MR) is 123 cm³/mol. The molecule has 1 aromatic rings. The smallest absolute Gasteiger partial charge is 0.335 e. The maximum Gasteiger partial charge on any atom is 0.335 e. The average molecular weight is 455 g/mol. The van der Waals surface area contributed by atoms with E-state index in [0.717, 1.165) is 25.2 Å². The van der Waals surface area contributed by atoms with Gasteiger partial charge in [0.1, 0.15) is 5.60 Å². The summed E-state index contributed by atoms with van der Waals surface area (Å²) in [6.07, 6.45) is 11.8. The fraction of sp³-hybridized carbons (Fsp3) is 0.821. The fourth-order valence-corrected chi connectivity index (χ4v) is 9.81. The van der Waals surface area contributed by atoms with Crippen LogP contribution in [0.15, 0.2) is 27.6 Å². The zero-order chi connectivity index (χ0) is 22.8. The van der Waals surface area contributed by atoms with Crippen molar-refractivity contribution < 1.29 is 18.6 Å². The highest BCUT2D eigenvalue weighted by Crippen LogP contribution is 2.78. The summed E-state index contributed by atoms with van der Waals surface area (Å²) in [4.78, 5) is 11.5. The van der Waals surface area contributed by atoms with Crippen LogP contribution in [0, 0.1) is 28.6 Å². The zero-order valence-electron chi connectivity index (χ0n) is 20.5. The SMILES string of the molecule is CC1OC2(CC[C@@]3(C)[C@H](CC[C@@H]4[C@@H]3CC[C@]3(C)[C@@H](c5ccc(=O)oc5)C[C@H]5O[C@]453)C2)OC1C. The highest BCUT2D eigenvalue weighted by molar-refractivity contribution is 5.35. The van der Waals surface area contributed by atoms with E-state index >= 15 is 0 Å². The second-order valence-corrected chi connectivity index (χ2v) is 12.8. The van der Waals surface area contributed by atoms with Crippen molar-refractivity contribution in [3.05, 3.63) is 34.4 Å². The molecular weight excluding hydrogens is 416 g/mol. The highest BCUT2D eigenvalue weighted by atomic mass is 16.8. The van der Waals surface area contributed by atoms with Crippen molar-refractivity contribution in [1.82, 2.24) is 0 Å². The summed E-state index contributed by atoms with van der Waals surface area (Å²) in [5, 5.41) is 0. The minimum atomic E-state index is -0.342. The van der Waals surface area contributed by atoms with Crippen LogP contribution in [0.4, 0.5) is 0 Å². The molecule has 10 atom stereocenters. The number of epoxide rings is 1. The quantitative estimate of drug-likeness (QED) is 0.531. The molecule has 0 N–H and O–H groups in total. The Morgan fingerprint density at radius 1 is 0.909 bits per heavy atom. The third-order valence-electron chi connectivity index (χ3n) is 11.7. The molecule has 2 saturated heterocycles. The molecule has 180 valence electrons. The first kappa shape index (κ1) is 21.1. The molecule has 7 rings (SSSR count). The molecular formula is C28H38O5. The van der Waals surface area contributed by atoms with Gasteiger partial charge in [-0.05, 0) is 93.1 Å². The molecule has 2 spiro atoms. The van der Waals surface area contributed by atoms with Gasteiger partial charge < -0.3 is 18.6 Å². The molecule has 4 saturated carbocycles. The maximum atomic E-state index is 11.5. The molecule has 0 radical (unpaired) electrons. The van der Waals surface area contributed by atoms with Crippen molar-refractivity contribution >= 4 is 0 Å². The minimum absolute atomic E-state index is 0.0171. The third kappa shape index (κ3) is 2.57. The maximum absolute atomic E-state index is 11.5. The minimum Gasteiger partial charge on any atom is -0.431 e. The summed E-state index contributed by atoms with van der Waals surface area (Å²) in [5.74, 6) is 2.11. The lowest BCUT2D eigenvalue weighted by atomic mass is 9.44. The van der Waals surface area contributed by atoms with Gasteiger partial charge in [0, 0.05) is 24.3 Å². The number of ether oxygens (including phenoxy) is 3. The van der Waals surface area contributed by atoms with E-state index in [4.69, 9.17) is 18.6 Å². The molecule has 33 heavy (non-hydrogen) atoms. The lowest BCUT2D eigenvalue weighted by Gasteiger charge is -2.62. The molecule has 1 aromatic heterocycles. The van der Waals surface area contributed by atoms with E-state index in [1.165, 1.54) is 37.7 Å². The topological polar surface area (TPSA) is 61.2 Å². The standard InChI is InChI=1S/C28H38O5/c1-16-17(2)32-27(31-16)12-11-25(3)19(14-27)6-7-21-20(25)9-10-26(4)22(13-23-28(21,26)33-23)18-5-8-24(29)30-15-18/h5,8,15-17,19-23H,6-7,9-14H2,1-4H3/t16?,17?,19-,20+,21-,22-,23-,25+,26-,27?,28-/m1/s1. The van der Waals surface area contributed by atoms with E-state index in [2.05, 4.69) is 27.7 Å². The molecule has 0 amide bonds. The van der Waals surface area contributed by atoms with Gasteiger partial charge >= 0.3 is 5.63 Å². The van der Waals surface area contributed by atoms with Crippen LogP contribution in [-0.4, -0.2) is 29.7 Å². The molecule has 2 unspecified atom stereocenters. The first-order valence-electron chi connectivity index (χ1n) is 13.3. The van der Waals surface area contributed by atoms with Gasteiger partial charge in [0.25, 0.3) is 0 Å².